The van der Waals surface area contributed by atoms with Crippen LogP contribution >= 0.6 is 15.9 Å². The summed E-state index contributed by atoms with van der Waals surface area (Å²) in [6.45, 7) is 1.21. The summed E-state index contributed by atoms with van der Waals surface area (Å²) in [6.07, 6.45) is -3.02. The molecule has 0 spiro atoms. The molecule has 0 radical (unpaired) electrons. The summed E-state index contributed by atoms with van der Waals surface area (Å²) in [6, 6.07) is 5.24. The van der Waals surface area contributed by atoms with Crippen molar-refractivity contribution < 1.29 is 42.8 Å². The van der Waals surface area contributed by atoms with Crippen LogP contribution in [-0.4, -0.2) is 86.5 Å². The second kappa shape index (κ2) is 12.4. The number of rotatable bonds is 7. The lowest BCUT2D eigenvalue weighted by Gasteiger charge is -2.45. The van der Waals surface area contributed by atoms with Crippen molar-refractivity contribution in [2.45, 2.75) is 68.8 Å². The minimum atomic E-state index is -1.63. The molecular formula is C28H30BrF3N4O6. The Labute approximate surface area is 247 Å². The first-order chi connectivity index (χ1) is 20.0. The first-order valence-electron chi connectivity index (χ1n) is 13.4. The lowest BCUT2D eigenvalue weighted by Crippen LogP contribution is -2.62. The Morgan fingerprint density at radius 3 is 2.48 bits per heavy atom. The van der Waals surface area contributed by atoms with Crippen molar-refractivity contribution >= 4 is 27.5 Å². The van der Waals surface area contributed by atoms with E-state index in [0.29, 0.717) is 24.9 Å². The zero-order chi connectivity index (χ0) is 30.3. The SMILES string of the molecule is CO[C@@H]1[C@@H](n2cc(-c3cc(F)c(F)c(F)c3)nn2)[C@@H](O)[C@@H](CO)O[C@H]1C(=O)N(c1cc(C)cc(Br)c1)[C@H]1CCC[C@@H]1O. The highest BCUT2D eigenvalue weighted by molar-refractivity contribution is 9.10. The van der Waals surface area contributed by atoms with Gasteiger partial charge < -0.3 is 29.7 Å². The molecule has 0 bridgehead atoms. The molecule has 2 aliphatic rings. The molecule has 1 saturated carbocycles. The van der Waals surface area contributed by atoms with E-state index in [2.05, 4.69) is 26.2 Å². The Kier molecular flexibility index (Phi) is 9.02. The smallest absolute Gasteiger partial charge is 0.259 e. The van der Waals surface area contributed by atoms with Gasteiger partial charge in [-0.15, -0.1) is 5.10 Å². The number of anilines is 1. The molecule has 5 rings (SSSR count). The van der Waals surface area contributed by atoms with Crippen LogP contribution in [0.15, 0.2) is 41.0 Å². The van der Waals surface area contributed by atoms with Crippen molar-refractivity contribution in [1.82, 2.24) is 15.0 Å². The van der Waals surface area contributed by atoms with Crippen molar-refractivity contribution in [2.24, 2.45) is 0 Å². The van der Waals surface area contributed by atoms with Crippen LogP contribution in [0.4, 0.5) is 18.9 Å². The molecule has 1 aliphatic heterocycles. The Hall–Kier alpha value is -2.88. The van der Waals surface area contributed by atoms with Gasteiger partial charge >= 0.3 is 0 Å². The molecule has 3 aromatic rings. The number of carbonyl (C=O) groups is 1. The third-order valence-electron chi connectivity index (χ3n) is 7.80. The predicted molar refractivity (Wildman–Crippen MR) is 147 cm³/mol. The van der Waals surface area contributed by atoms with E-state index in [1.807, 2.05) is 13.0 Å². The maximum atomic E-state index is 14.4. The van der Waals surface area contributed by atoms with Crippen LogP contribution < -0.4 is 4.90 Å². The first kappa shape index (κ1) is 30.6. The second-order valence-electron chi connectivity index (χ2n) is 10.6. The van der Waals surface area contributed by atoms with Crippen molar-refractivity contribution in [3.05, 3.63) is 64.0 Å². The third kappa shape index (κ3) is 5.71. The molecule has 2 aromatic carbocycles. The molecule has 2 heterocycles. The normalized spacial score (nSPS) is 27.8. The summed E-state index contributed by atoms with van der Waals surface area (Å²) in [7, 11) is 1.31. The number of aliphatic hydroxyl groups excluding tert-OH is 3. The number of carbonyl (C=O) groups excluding carboxylic acids is 1. The van der Waals surface area contributed by atoms with Crippen LogP contribution in [0.2, 0.25) is 0 Å². The first-order valence-corrected chi connectivity index (χ1v) is 14.2. The van der Waals surface area contributed by atoms with Gasteiger partial charge in [-0.3, -0.25) is 4.79 Å². The zero-order valence-corrected chi connectivity index (χ0v) is 24.3. The average Bonchev–Trinajstić information content (AvgIpc) is 3.60. The number of hydrogen-bond donors (Lipinski definition) is 3. The Morgan fingerprint density at radius 1 is 1.17 bits per heavy atom. The van der Waals surface area contributed by atoms with E-state index >= 15 is 0 Å². The van der Waals surface area contributed by atoms with Crippen molar-refractivity contribution in [3.63, 3.8) is 0 Å². The number of ether oxygens (including phenoxy) is 2. The van der Waals surface area contributed by atoms with Gasteiger partial charge in [0.2, 0.25) is 0 Å². The summed E-state index contributed by atoms with van der Waals surface area (Å²) >= 11 is 3.47. The lowest BCUT2D eigenvalue weighted by atomic mass is 9.91. The predicted octanol–water partition coefficient (Wildman–Crippen LogP) is 3.06. The highest BCUT2D eigenvalue weighted by atomic mass is 79.9. The van der Waals surface area contributed by atoms with Crippen molar-refractivity contribution in [1.29, 1.82) is 0 Å². The van der Waals surface area contributed by atoms with Gasteiger partial charge in [0, 0.05) is 22.8 Å². The number of aromatic nitrogens is 3. The summed E-state index contributed by atoms with van der Waals surface area (Å²) < 4.78 is 54.8. The van der Waals surface area contributed by atoms with Crippen LogP contribution in [0, 0.1) is 24.4 Å². The molecular weight excluding hydrogens is 625 g/mol. The topological polar surface area (TPSA) is 130 Å². The van der Waals surface area contributed by atoms with Gasteiger partial charge in [0.05, 0.1) is 24.9 Å². The Bertz CT molecular complexity index is 1420. The van der Waals surface area contributed by atoms with Crippen LogP contribution in [0.5, 0.6) is 0 Å². The molecule has 1 aromatic heterocycles. The molecule has 14 heteroatoms. The van der Waals surface area contributed by atoms with Gasteiger partial charge in [-0.1, -0.05) is 21.1 Å². The highest BCUT2D eigenvalue weighted by Gasteiger charge is 2.52. The second-order valence-corrected chi connectivity index (χ2v) is 11.5. The van der Waals surface area contributed by atoms with Gasteiger partial charge in [-0.25, -0.2) is 17.9 Å². The summed E-state index contributed by atoms with van der Waals surface area (Å²) in [4.78, 5) is 15.8. The monoisotopic (exact) mass is 654 g/mol. The number of benzene rings is 2. The molecule has 1 saturated heterocycles. The minimum absolute atomic E-state index is 0.0370. The molecule has 0 unspecified atom stereocenters. The van der Waals surface area contributed by atoms with E-state index in [4.69, 9.17) is 9.47 Å². The van der Waals surface area contributed by atoms with Gasteiger partial charge in [0.25, 0.3) is 5.91 Å². The van der Waals surface area contributed by atoms with Gasteiger partial charge in [-0.05, 0) is 62.1 Å². The molecule has 226 valence electrons. The van der Waals surface area contributed by atoms with Crippen LogP contribution in [-0.2, 0) is 14.3 Å². The molecule has 10 nitrogen and oxygen atoms in total. The van der Waals surface area contributed by atoms with E-state index in [0.717, 1.165) is 26.9 Å². The highest BCUT2D eigenvalue weighted by Crippen LogP contribution is 2.37. The number of amides is 1. The zero-order valence-electron chi connectivity index (χ0n) is 22.7. The number of methoxy groups -OCH3 is 1. The third-order valence-corrected chi connectivity index (χ3v) is 8.25. The Morgan fingerprint density at radius 2 is 1.88 bits per heavy atom. The fourth-order valence-electron chi connectivity index (χ4n) is 5.81. The number of nitrogens with zero attached hydrogens (tertiary/aromatic N) is 4. The van der Waals surface area contributed by atoms with Gasteiger partial charge in [0.15, 0.2) is 23.6 Å². The van der Waals surface area contributed by atoms with Crippen LogP contribution in [0.25, 0.3) is 11.3 Å². The number of aryl methyl sites for hydroxylation is 1. The van der Waals surface area contributed by atoms with E-state index < -0.39 is 72.6 Å². The van der Waals surface area contributed by atoms with E-state index in [1.54, 1.807) is 12.1 Å². The fraction of sp³-hybridized carbons (Fsp3) is 0.464. The molecule has 1 amide bonds. The summed E-state index contributed by atoms with van der Waals surface area (Å²) in [5, 5.41) is 40.0. The average molecular weight is 655 g/mol. The maximum Gasteiger partial charge on any atom is 0.259 e. The number of aliphatic hydroxyl groups is 3. The largest absolute Gasteiger partial charge is 0.394 e. The van der Waals surface area contributed by atoms with Crippen molar-refractivity contribution in [2.75, 3.05) is 18.6 Å². The van der Waals surface area contributed by atoms with Crippen LogP contribution in [0.1, 0.15) is 30.9 Å². The fourth-order valence-corrected chi connectivity index (χ4v) is 6.41. The minimum Gasteiger partial charge on any atom is -0.394 e. The summed E-state index contributed by atoms with van der Waals surface area (Å²) in [5.41, 5.74) is 1.24. The van der Waals surface area contributed by atoms with E-state index in [9.17, 15) is 33.3 Å². The van der Waals surface area contributed by atoms with E-state index in [1.165, 1.54) is 18.2 Å². The van der Waals surface area contributed by atoms with Crippen LogP contribution in [0.3, 0.4) is 0 Å². The Balaban J connectivity index is 1.54. The van der Waals surface area contributed by atoms with Crippen molar-refractivity contribution in [3.8, 4) is 11.3 Å². The molecule has 42 heavy (non-hydrogen) atoms. The van der Waals surface area contributed by atoms with Gasteiger partial charge in [0.1, 0.15) is 30.0 Å². The maximum absolute atomic E-state index is 14.4. The lowest BCUT2D eigenvalue weighted by molar-refractivity contribution is -0.211. The van der Waals surface area contributed by atoms with E-state index in [-0.39, 0.29) is 11.3 Å². The number of hydrogen-bond acceptors (Lipinski definition) is 8. The molecule has 2 fully saturated rings. The number of halogens is 4. The quantitative estimate of drug-likeness (QED) is 0.332. The molecule has 3 N–H and O–H groups in total. The molecule has 7 atom stereocenters. The molecule has 1 aliphatic carbocycles. The standard InChI is InChI=1S/C28H30BrF3N4O6/c1-13-6-15(29)10-16(7-13)36(20-4-3-5-21(20)38)28(40)27-26(41-2)24(25(39)22(12-37)42-27)35-11-19(33-34-35)14-8-17(30)23(32)18(31)9-14/h6-11,20-22,24-27,37-39H,3-5,12H2,1-2H3/t20-,21-,22+,24-,25-,26+,27+/m0/s1. The van der Waals surface area contributed by atoms with Gasteiger partial charge in [-0.2, -0.15) is 0 Å². The summed E-state index contributed by atoms with van der Waals surface area (Å²) in [5.74, 6) is -5.02.